The summed E-state index contributed by atoms with van der Waals surface area (Å²) in [5.41, 5.74) is 5.53. The molecule has 27 heavy (non-hydrogen) atoms. The van der Waals surface area contributed by atoms with E-state index in [1.165, 1.54) is 6.92 Å². The molecule has 0 aliphatic carbocycles. The lowest BCUT2D eigenvalue weighted by Crippen LogP contribution is -2.53. The molecule has 0 bridgehead atoms. The van der Waals surface area contributed by atoms with Crippen LogP contribution in [-0.2, 0) is 24.0 Å². The molecule has 0 aliphatic rings. The molecule has 0 fully saturated rings. The molecule has 4 unspecified atom stereocenters. The number of carbonyl (C=O) groups is 5. The van der Waals surface area contributed by atoms with Gasteiger partial charge in [0.15, 0.2) is 0 Å². The van der Waals surface area contributed by atoms with Gasteiger partial charge < -0.3 is 31.9 Å². The van der Waals surface area contributed by atoms with Crippen LogP contribution >= 0.6 is 0 Å². The SMILES string of the molecule is CCC(C)C(NC(=O)CNC(=O)C(C)NC(=O)C(N)CCC(=O)O)C(=O)O. The van der Waals surface area contributed by atoms with Crippen LogP contribution in [0.5, 0.6) is 0 Å². The third kappa shape index (κ3) is 9.54. The molecular formula is C16H28N4O7. The van der Waals surface area contributed by atoms with Crippen molar-refractivity contribution in [2.45, 2.75) is 58.2 Å². The summed E-state index contributed by atoms with van der Waals surface area (Å²) in [4.78, 5) is 57.2. The highest BCUT2D eigenvalue weighted by Crippen LogP contribution is 2.07. The summed E-state index contributed by atoms with van der Waals surface area (Å²) in [5, 5.41) is 24.6. The second-order valence-corrected chi connectivity index (χ2v) is 6.26. The molecule has 3 amide bonds. The van der Waals surface area contributed by atoms with Crippen LogP contribution in [0.3, 0.4) is 0 Å². The second kappa shape index (κ2) is 11.8. The fourth-order valence-electron chi connectivity index (χ4n) is 2.02. The smallest absolute Gasteiger partial charge is 0.326 e. The van der Waals surface area contributed by atoms with Crippen molar-refractivity contribution in [3.05, 3.63) is 0 Å². The van der Waals surface area contributed by atoms with Gasteiger partial charge in [0, 0.05) is 6.42 Å². The van der Waals surface area contributed by atoms with Crippen molar-refractivity contribution in [3.63, 3.8) is 0 Å². The maximum absolute atomic E-state index is 11.9. The Hall–Kier alpha value is -2.69. The molecule has 11 heteroatoms. The van der Waals surface area contributed by atoms with Gasteiger partial charge in [-0.3, -0.25) is 19.2 Å². The molecule has 0 aromatic rings. The molecule has 11 nitrogen and oxygen atoms in total. The molecule has 0 heterocycles. The van der Waals surface area contributed by atoms with Crippen molar-refractivity contribution in [1.29, 1.82) is 0 Å². The lowest BCUT2D eigenvalue weighted by Gasteiger charge is -2.21. The minimum Gasteiger partial charge on any atom is -0.481 e. The number of amides is 3. The van der Waals surface area contributed by atoms with Crippen LogP contribution in [-0.4, -0.2) is 64.5 Å². The number of rotatable bonds is 12. The van der Waals surface area contributed by atoms with Crippen LogP contribution in [0.15, 0.2) is 0 Å². The maximum Gasteiger partial charge on any atom is 0.326 e. The van der Waals surface area contributed by atoms with Crippen LogP contribution in [0.4, 0.5) is 0 Å². The Balaban J connectivity index is 4.43. The Morgan fingerprint density at radius 1 is 1.00 bits per heavy atom. The van der Waals surface area contributed by atoms with Crippen molar-refractivity contribution in [3.8, 4) is 0 Å². The molecule has 7 N–H and O–H groups in total. The van der Waals surface area contributed by atoms with Crippen molar-refractivity contribution < 1.29 is 34.2 Å². The summed E-state index contributed by atoms with van der Waals surface area (Å²) in [7, 11) is 0. The minimum absolute atomic E-state index is 0.0793. The summed E-state index contributed by atoms with van der Waals surface area (Å²) in [6.07, 6.45) is 0.190. The van der Waals surface area contributed by atoms with Crippen LogP contribution < -0.4 is 21.7 Å². The molecule has 0 rings (SSSR count). The molecular weight excluding hydrogens is 360 g/mol. The van der Waals surface area contributed by atoms with E-state index in [9.17, 15) is 24.0 Å². The Morgan fingerprint density at radius 2 is 1.59 bits per heavy atom. The van der Waals surface area contributed by atoms with Gasteiger partial charge in [-0.2, -0.15) is 0 Å². The van der Waals surface area contributed by atoms with Gasteiger partial charge in [-0.25, -0.2) is 4.79 Å². The average Bonchev–Trinajstić information content (AvgIpc) is 2.60. The largest absolute Gasteiger partial charge is 0.481 e. The average molecular weight is 388 g/mol. The molecule has 0 saturated heterocycles. The first kappa shape index (κ1) is 24.3. The topological polar surface area (TPSA) is 188 Å². The quantitative estimate of drug-likeness (QED) is 0.231. The summed E-state index contributed by atoms with van der Waals surface area (Å²) in [5.74, 6) is -4.57. The van der Waals surface area contributed by atoms with Crippen LogP contribution in [0.25, 0.3) is 0 Å². The fourth-order valence-corrected chi connectivity index (χ4v) is 2.02. The van der Waals surface area contributed by atoms with E-state index >= 15 is 0 Å². The predicted octanol–water partition coefficient (Wildman–Crippen LogP) is -1.59. The van der Waals surface area contributed by atoms with Crippen LogP contribution in [0.1, 0.15) is 40.0 Å². The van der Waals surface area contributed by atoms with E-state index < -0.39 is 54.3 Å². The maximum atomic E-state index is 11.9. The van der Waals surface area contributed by atoms with Crippen molar-refractivity contribution in [2.75, 3.05) is 6.54 Å². The molecule has 0 radical (unpaired) electrons. The Kier molecular flexibility index (Phi) is 10.7. The summed E-state index contributed by atoms with van der Waals surface area (Å²) in [6, 6.07) is -3.15. The van der Waals surface area contributed by atoms with E-state index in [1.807, 2.05) is 0 Å². The first-order valence-electron chi connectivity index (χ1n) is 8.57. The van der Waals surface area contributed by atoms with E-state index in [1.54, 1.807) is 13.8 Å². The van der Waals surface area contributed by atoms with Crippen LogP contribution in [0, 0.1) is 5.92 Å². The zero-order chi connectivity index (χ0) is 21.1. The Bertz CT molecular complexity index is 567. The van der Waals surface area contributed by atoms with Crippen molar-refractivity contribution in [1.82, 2.24) is 16.0 Å². The highest BCUT2D eigenvalue weighted by Gasteiger charge is 2.26. The molecule has 0 aromatic carbocycles. The van der Waals surface area contributed by atoms with Gasteiger partial charge in [0.25, 0.3) is 0 Å². The van der Waals surface area contributed by atoms with Gasteiger partial charge in [-0.05, 0) is 19.3 Å². The normalized spacial score (nSPS) is 15.0. The number of hydrogen-bond donors (Lipinski definition) is 6. The van der Waals surface area contributed by atoms with E-state index in [2.05, 4.69) is 16.0 Å². The van der Waals surface area contributed by atoms with Crippen molar-refractivity contribution in [2.24, 2.45) is 11.7 Å². The number of carboxylic acid groups (broad SMARTS) is 2. The highest BCUT2D eigenvalue weighted by atomic mass is 16.4. The second-order valence-electron chi connectivity index (χ2n) is 6.26. The van der Waals surface area contributed by atoms with Gasteiger partial charge in [0.1, 0.15) is 12.1 Å². The molecule has 0 spiro atoms. The number of aliphatic carboxylic acids is 2. The fraction of sp³-hybridized carbons (Fsp3) is 0.688. The summed E-state index contributed by atoms with van der Waals surface area (Å²) in [6.45, 7) is 4.39. The zero-order valence-corrected chi connectivity index (χ0v) is 15.7. The van der Waals surface area contributed by atoms with E-state index in [0.29, 0.717) is 6.42 Å². The third-order valence-electron chi connectivity index (χ3n) is 3.98. The van der Waals surface area contributed by atoms with Gasteiger partial charge in [0.2, 0.25) is 17.7 Å². The van der Waals surface area contributed by atoms with E-state index in [0.717, 1.165) is 0 Å². The van der Waals surface area contributed by atoms with Gasteiger partial charge in [-0.15, -0.1) is 0 Å². The Labute approximate surface area is 157 Å². The standard InChI is InChI=1S/C16H28N4O7/c1-4-8(2)13(16(26)27)20-11(21)7-18-14(24)9(3)19-15(25)10(17)5-6-12(22)23/h8-10,13H,4-7,17H2,1-3H3,(H,18,24)(H,19,25)(H,20,21)(H,22,23)(H,26,27). The van der Waals surface area contributed by atoms with Gasteiger partial charge >= 0.3 is 11.9 Å². The molecule has 0 aromatic heterocycles. The van der Waals surface area contributed by atoms with Gasteiger partial charge in [-0.1, -0.05) is 20.3 Å². The summed E-state index contributed by atoms with van der Waals surface area (Å²) >= 11 is 0. The lowest BCUT2D eigenvalue weighted by atomic mass is 9.99. The molecule has 0 aliphatic heterocycles. The Morgan fingerprint density at radius 3 is 2.07 bits per heavy atom. The predicted molar refractivity (Wildman–Crippen MR) is 94.5 cm³/mol. The number of hydrogen-bond acceptors (Lipinski definition) is 6. The van der Waals surface area contributed by atoms with E-state index in [4.69, 9.17) is 15.9 Å². The first-order valence-corrected chi connectivity index (χ1v) is 8.57. The van der Waals surface area contributed by atoms with E-state index in [-0.39, 0.29) is 18.8 Å². The number of carboxylic acids is 2. The molecule has 0 saturated carbocycles. The van der Waals surface area contributed by atoms with Gasteiger partial charge in [0.05, 0.1) is 12.6 Å². The van der Waals surface area contributed by atoms with Crippen LogP contribution in [0.2, 0.25) is 0 Å². The number of carbonyl (C=O) groups excluding carboxylic acids is 3. The first-order chi connectivity index (χ1) is 12.5. The van der Waals surface area contributed by atoms with Crippen molar-refractivity contribution >= 4 is 29.7 Å². The number of nitrogens with one attached hydrogen (secondary N) is 3. The molecule has 154 valence electrons. The zero-order valence-electron chi connectivity index (χ0n) is 15.7. The monoisotopic (exact) mass is 388 g/mol. The summed E-state index contributed by atoms with van der Waals surface area (Å²) < 4.78 is 0. The minimum atomic E-state index is -1.17. The lowest BCUT2D eigenvalue weighted by molar-refractivity contribution is -0.143. The third-order valence-corrected chi connectivity index (χ3v) is 3.98. The number of nitrogens with two attached hydrogens (primary N) is 1. The molecule has 4 atom stereocenters. The highest BCUT2D eigenvalue weighted by molar-refractivity contribution is 5.92.